The number of nitrogens with one attached hydrogen (secondary N) is 1. The van der Waals surface area contributed by atoms with Gasteiger partial charge >= 0.3 is 6.03 Å². The van der Waals surface area contributed by atoms with Crippen molar-refractivity contribution in [2.24, 2.45) is 0 Å². The smallest absolute Gasteiger partial charge is 0.317 e. The summed E-state index contributed by atoms with van der Waals surface area (Å²) in [5.74, 6) is 2.14. The highest BCUT2D eigenvalue weighted by Gasteiger charge is 2.21. The number of aliphatic hydroxyl groups is 1. The van der Waals surface area contributed by atoms with Crippen LogP contribution in [0, 0.1) is 0 Å². The number of hydrogen-bond donors (Lipinski definition) is 2. The zero-order valence-corrected chi connectivity index (χ0v) is 15.2. The maximum absolute atomic E-state index is 12.2. The van der Waals surface area contributed by atoms with E-state index in [4.69, 9.17) is 0 Å². The van der Waals surface area contributed by atoms with Gasteiger partial charge < -0.3 is 19.9 Å². The molecular weight excluding hydrogens is 306 g/mol. The van der Waals surface area contributed by atoms with Gasteiger partial charge in [0.1, 0.15) is 11.6 Å². The molecule has 1 aliphatic heterocycles. The van der Waals surface area contributed by atoms with Crippen molar-refractivity contribution in [3.05, 3.63) is 11.6 Å². The molecule has 136 valence electrons. The topological polar surface area (TPSA) is 83.3 Å². The Morgan fingerprint density at radius 3 is 2.83 bits per heavy atom. The first-order valence-electron chi connectivity index (χ1n) is 9.07. The molecule has 2 heterocycles. The Morgan fingerprint density at radius 1 is 1.33 bits per heavy atom. The second-order valence-corrected chi connectivity index (χ2v) is 7.16. The van der Waals surface area contributed by atoms with Crippen LogP contribution in [-0.2, 0) is 19.4 Å². The summed E-state index contributed by atoms with van der Waals surface area (Å²) in [6, 6.07) is -0.125. The summed E-state index contributed by atoms with van der Waals surface area (Å²) in [5.41, 5.74) is -0.883. The van der Waals surface area contributed by atoms with Crippen LogP contribution < -0.4 is 5.32 Å². The monoisotopic (exact) mass is 337 g/mol. The summed E-state index contributed by atoms with van der Waals surface area (Å²) in [6.45, 7) is 7.85. The van der Waals surface area contributed by atoms with Gasteiger partial charge in [-0.3, -0.25) is 0 Å². The first-order valence-corrected chi connectivity index (χ1v) is 9.07. The fourth-order valence-electron chi connectivity index (χ4n) is 3.08. The van der Waals surface area contributed by atoms with Crippen molar-refractivity contribution in [1.29, 1.82) is 0 Å². The summed E-state index contributed by atoms with van der Waals surface area (Å²) in [6.07, 6.45) is 6.33. The summed E-state index contributed by atoms with van der Waals surface area (Å²) in [5, 5.41) is 21.4. The van der Waals surface area contributed by atoms with Crippen molar-refractivity contribution in [1.82, 2.24) is 25.0 Å². The average molecular weight is 337 g/mol. The Labute approximate surface area is 144 Å². The van der Waals surface area contributed by atoms with E-state index in [-0.39, 0.29) is 6.03 Å². The molecule has 0 spiro atoms. The molecule has 1 aromatic rings. The molecule has 1 aromatic heterocycles. The fraction of sp³-hybridized carbons (Fsp3) is 0.824. The Hall–Kier alpha value is -1.63. The van der Waals surface area contributed by atoms with E-state index < -0.39 is 5.60 Å². The van der Waals surface area contributed by atoms with Crippen LogP contribution >= 0.6 is 0 Å². The minimum atomic E-state index is -0.883. The van der Waals surface area contributed by atoms with E-state index in [1.807, 2.05) is 6.92 Å². The number of likely N-dealkylation sites (N-methyl/N-ethyl adjacent to an activating group) is 1. The second-order valence-electron chi connectivity index (χ2n) is 7.16. The lowest BCUT2D eigenvalue weighted by molar-refractivity contribution is 0.0480. The van der Waals surface area contributed by atoms with E-state index in [0.717, 1.165) is 37.5 Å². The van der Waals surface area contributed by atoms with Crippen LogP contribution in [0.5, 0.6) is 0 Å². The SMILES string of the molecule is CCN(CC(C)(C)O)C(=O)NCCCc1nnc2n1CCCCC2. The molecule has 2 rings (SSSR count). The second kappa shape index (κ2) is 8.46. The Bertz CT molecular complexity index is 536. The van der Waals surface area contributed by atoms with E-state index >= 15 is 0 Å². The molecule has 0 atom stereocenters. The molecule has 7 nitrogen and oxygen atoms in total. The number of aromatic nitrogens is 3. The quantitative estimate of drug-likeness (QED) is 0.742. The molecule has 24 heavy (non-hydrogen) atoms. The predicted molar refractivity (Wildman–Crippen MR) is 92.8 cm³/mol. The molecule has 7 heteroatoms. The van der Waals surface area contributed by atoms with Crippen molar-refractivity contribution in [2.45, 2.75) is 71.4 Å². The number of rotatable bonds is 7. The molecule has 2 amide bonds. The highest BCUT2D eigenvalue weighted by atomic mass is 16.3. The average Bonchev–Trinajstić information content (AvgIpc) is 2.75. The van der Waals surface area contributed by atoms with E-state index in [1.54, 1.807) is 18.7 Å². The van der Waals surface area contributed by atoms with Crippen molar-refractivity contribution >= 4 is 6.03 Å². The van der Waals surface area contributed by atoms with Crippen LogP contribution in [0.1, 0.15) is 58.1 Å². The van der Waals surface area contributed by atoms with Crippen LogP contribution in [0.4, 0.5) is 4.79 Å². The normalized spacial score (nSPS) is 14.8. The molecule has 0 aliphatic carbocycles. The molecule has 0 unspecified atom stereocenters. The summed E-state index contributed by atoms with van der Waals surface area (Å²) in [4.78, 5) is 13.8. The van der Waals surface area contributed by atoms with Crippen LogP contribution in [0.15, 0.2) is 0 Å². The Balaban J connectivity index is 1.76. The molecule has 0 radical (unpaired) electrons. The number of aryl methyl sites for hydroxylation is 2. The van der Waals surface area contributed by atoms with E-state index in [0.29, 0.717) is 19.6 Å². The zero-order valence-electron chi connectivity index (χ0n) is 15.2. The molecule has 0 saturated carbocycles. The highest BCUT2D eigenvalue weighted by molar-refractivity contribution is 5.74. The maximum atomic E-state index is 12.2. The fourth-order valence-corrected chi connectivity index (χ4v) is 3.08. The zero-order chi connectivity index (χ0) is 17.6. The summed E-state index contributed by atoms with van der Waals surface area (Å²) >= 11 is 0. The molecule has 0 bridgehead atoms. The molecule has 2 N–H and O–H groups in total. The predicted octanol–water partition coefficient (Wildman–Crippen LogP) is 1.74. The van der Waals surface area contributed by atoms with Crippen molar-refractivity contribution in [3.8, 4) is 0 Å². The van der Waals surface area contributed by atoms with Crippen molar-refractivity contribution in [2.75, 3.05) is 19.6 Å². The Morgan fingerprint density at radius 2 is 2.12 bits per heavy atom. The molecule has 0 saturated heterocycles. The van der Waals surface area contributed by atoms with Gasteiger partial charge in [0.15, 0.2) is 0 Å². The van der Waals surface area contributed by atoms with Crippen molar-refractivity contribution < 1.29 is 9.90 Å². The minimum absolute atomic E-state index is 0.125. The van der Waals surface area contributed by atoms with Gasteiger partial charge in [-0.05, 0) is 40.0 Å². The van der Waals surface area contributed by atoms with Crippen LogP contribution in [0.2, 0.25) is 0 Å². The summed E-state index contributed by atoms with van der Waals surface area (Å²) in [7, 11) is 0. The lowest BCUT2D eigenvalue weighted by Gasteiger charge is -2.28. The number of nitrogens with zero attached hydrogens (tertiary/aromatic N) is 4. The van der Waals surface area contributed by atoms with Crippen LogP contribution in [0.25, 0.3) is 0 Å². The summed E-state index contributed by atoms with van der Waals surface area (Å²) < 4.78 is 2.25. The van der Waals surface area contributed by atoms with Gasteiger partial charge in [-0.15, -0.1) is 10.2 Å². The first kappa shape index (κ1) is 18.7. The standard InChI is InChI=1S/C17H31N5O2/c1-4-21(13-17(2,3)24)16(23)18-11-8-10-15-20-19-14-9-6-5-7-12-22(14)15/h24H,4-13H2,1-3H3,(H,18,23). The highest BCUT2D eigenvalue weighted by Crippen LogP contribution is 2.15. The van der Waals surface area contributed by atoms with Crippen molar-refractivity contribution in [3.63, 3.8) is 0 Å². The van der Waals surface area contributed by atoms with Gasteiger partial charge in [-0.2, -0.15) is 0 Å². The van der Waals surface area contributed by atoms with E-state index in [9.17, 15) is 9.90 Å². The largest absolute Gasteiger partial charge is 0.389 e. The van der Waals surface area contributed by atoms with Crippen LogP contribution in [0.3, 0.4) is 0 Å². The van der Waals surface area contributed by atoms with E-state index in [1.165, 1.54) is 19.3 Å². The van der Waals surface area contributed by atoms with Crippen LogP contribution in [-0.4, -0.2) is 56.0 Å². The number of urea groups is 1. The van der Waals surface area contributed by atoms with Gasteiger partial charge in [0.2, 0.25) is 0 Å². The minimum Gasteiger partial charge on any atom is -0.389 e. The van der Waals surface area contributed by atoms with Gasteiger partial charge in [0, 0.05) is 32.5 Å². The first-order chi connectivity index (χ1) is 11.4. The molecule has 1 aliphatic rings. The lowest BCUT2D eigenvalue weighted by Crippen LogP contribution is -2.47. The van der Waals surface area contributed by atoms with Gasteiger partial charge in [0.25, 0.3) is 0 Å². The maximum Gasteiger partial charge on any atom is 0.317 e. The third-order valence-electron chi connectivity index (χ3n) is 4.29. The third kappa shape index (κ3) is 5.47. The number of amides is 2. The number of carbonyl (C=O) groups is 1. The van der Waals surface area contributed by atoms with Gasteiger partial charge in [0.05, 0.1) is 12.1 Å². The lowest BCUT2D eigenvalue weighted by atomic mass is 10.1. The molecular formula is C17H31N5O2. The number of carbonyl (C=O) groups excluding carboxylic acids is 1. The molecule has 0 aromatic carbocycles. The molecule has 0 fully saturated rings. The Kier molecular flexibility index (Phi) is 6.60. The van der Waals surface area contributed by atoms with Gasteiger partial charge in [-0.25, -0.2) is 4.79 Å². The third-order valence-corrected chi connectivity index (χ3v) is 4.29. The number of hydrogen-bond acceptors (Lipinski definition) is 4. The number of fused-ring (bicyclic) bond motifs is 1. The van der Waals surface area contributed by atoms with Gasteiger partial charge in [-0.1, -0.05) is 6.42 Å². The van der Waals surface area contributed by atoms with E-state index in [2.05, 4.69) is 20.1 Å².